The molecule has 2 aromatic heterocycles. The molecule has 2 fully saturated rings. The zero-order valence-electron chi connectivity index (χ0n) is 23.7. The number of hydrogen-bond donors (Lipinski definition) is 1. The van der Waals surface area contributed by atoms with Crippen molar-refractivity contribution in [3.05, 3.63) is 107 Å². The topological polar surface area (TPSA) is 45.6 Å². The highest BCUT2D eigenvalue weighted by atomic mass is 32.1. The molecule has 40 heavy (non-hydrogen) atoms. The van der Waals surface area contributed by atoms with Gasteiger partial charge in [0.15, 0.2) is 5.11 Å². The Morgan fingerprint density at radius 3 is 2.23 bits per heavy atom. The molecule has 0 saturated carbocycles. The number of thiocarbonyl (C=S) groups is 1. The number of aromatic nitrogens is 2. The van der Waals surface area contributed by atoms with Gasteiger partial charge >= 0.3 is 0 Å². The third-order valence-corrected chi connectivity index (χ3v) is 8.52. The van der Waals surface area contributed by atoms with Crippen LogP contribution in [0.3, 0.4) is 0 Å². The fraction of sp³-hybridized carbons (Fsp3) is 0.333. The molecule has 0 unspecified atom stereocenters. The Hall–Kier alpha value is -3.68. The molecule has 2 atom stereocenters. The van der Waals surface area contributed by atoms with Gasteiger partial charge in [-0.05, 0) is 97.7 Å². The molecular formula is C33H37N5OS. The van der Waals surface area contributed by atoms with Gasteiger partial charge in [-0.1, -0.05) is 32.0 Å². The lowest BCUT2D eigenvalue weighted by molar-refractivity contribution is 0.122. The molecular weight excluding hydrogens is 514 g/mol. The van der Waals surface area contributed by atoms with E-state index in [-0.39, 0.29) is 12.1 Å². The lowest BCUT2D eigenvalue weighted by Gasteiger charge is -2.29. The van der Waals surface area contributed by atoms with Gasteiger partial charge < -0.3 is 24.4 Å². The molecule has 7 heteroatoms. The second-order valence-corrected chi connectivity index (χ2v) is 11.4. The molecule has 0 amide bonds. The Bertz CT molecular complexity index is 1470. The van der Waals surface area contributed by atoms with Crippen molar-refractivity contribution in [2.45, 2.75) is 45.7 Å². The van der Waals surface area contributed by atoms with Crippen molar-refractivity contribution in [3.8, 4) is 5.69 Å². The first-order valence-corrected chi connectivity index (χ1v) is 14.6. The summed E-state index contributed by atoms with van der Waals surface area (Å²) in [6, 6.07) is 26.0. The van der Waals surface area contributed by atoms with Crippen molar-refractivity contribution in [1.82, 2.24) is 14.9 Å². The van der Waals surface area contributed by atoms with Crippen LogP contribution >= 0.6 is 12.2 Å². The van der Waals surface area contributed by atoms with Gasteiger partial charge in [0.05, 0.1) is 31.0 Å². The van der Waals surface area contributed by atoms with Crippen LogP contribution in [0.5, 0.6) is 0 Å². The SMILES string of the molecule is Cc1cc([C@H]2[C@H](c3ccccn3)NC(=S)N2c2ccc(C(C)C)cc2)c(C)n1-c1ccc(N2CCOCC2)cc1. The number of rotatable bonds is 6. The van der Waals surface area contributed by atoms with Crippen LogP contribution in [0.25, 0.3) is 5.69 Å². The summed E-state index contributed by atoms with van der Waals surface area (Å²) in [5.74, 6) is 0.475. The number of hydrogen-bond acceptors (Lipinski definition) is 4. The molecule has 0 radical (unpaired) electrons. The first kappa shape index (κ1) is 26.5. The van der Waals surface area contributed by atoms with E-state index in [4.69, 9.17) is 21.9 Å². The van der Waals surface area contributed by atoms with Crippen LogP contribution in [0.15, 0.2) is 79.0 Å². The van der Waals surface area contributed by atoms with Crippen molar-refractivity contribution in [2.24, 2.45) is 0 Å². The van der Waals surface area contributed by atoms with Crippen LogP contribution in [0.4, 0.5) is 11.4 Å². The van der Waals surface area contributed by atoms with Crippen LogP contribution < -0.4 is 15.1 Å². The van der Waals surface area contributed by atoms with Crippen molar-refractivity contribution >= 4 is 28.7 Å². The number of ether oxygens (including phenoxy) is 1. The minimum atomic E-state index is -0.0730. The van der Waals surface area contributed by atoms with E-state index in [0.717, 1.165) is 48.5 Å². The molecule has 4 heterocycles. The van der Waals surface area contributed by atoms with Crippen molar-refractivity contribution in [1.29, 1.82) is 0 Å². The number of nitrogens with one attached hydrogen (secondary N) is 1. The van der Waals surface area contributed by atoms with Crippen LogP contribution in [0, 0.1) is 13.8 Å². The van der Waals surface area contributed by atoms with Gasteiger partial charge in [-0.25, -0.2) is 0 Å². The molecule has 6 nitrogen and oxygen atoms in total. The maximum absolute atomic E-state index is 5.98. The van der Waals surface area contributed by atoms with Gasteiger partial charge in [-0.15, -0.1) is 0 Å². The predicted octanol–water partition coefficient (Wildman–Crippen LogP) is 6.63. The van der Waals surface area contributed by atoms with E-state index < -0.39 is 0 Å². The summed E-state index contributed by atoms with van der Waals surface area (Å²) < 4.78 is 7.89. The van der Waals surface area contributed by atoms with Crippen molar-refractivity contribution < 1.29 is 4.74 Å². The zero-order valence-corrected chi connectivity index (χ0v) is 24.5. The summed E-state index contributed by atoms with van der Waals surface area (Å²) in [6.45, 7) is 12.3. The number of aryl methyl sites for hydroxylation is 1. The van der Waals surface area contributed by atoms with Crippen molar-refractivity contribution in [3.63, 3.8) is 0 Å². The predicted molar refractivity (Wildman–Crippen MR) is 167 cm³/mol. The number of morpholine rings is 1. The van der Waals surface area contributed by atoms with E-state index >= 15 is 0 Å². The zero-order chi connectivity index (χ0) is 27.8. The van der Waals surface area contributed by atoms with Crippen LogP contribution in [-0.4, -0.2) is 41.0 Å². The average molecular weight is 552 g/mol. The number of nitrogens with zero attached hydrogens (tertiary/aromatic N) is 4. The average Bonchev–Trinajstić information content (AvgIpc) is 3.48. The highest BCUT2D eigenvalue weighted by Gasteiger charge is 2.42. The Kier molecular flexibility index (Phi) is 7.34. The molecule has 206 valence electrons. The van der Waals surface area contributed by atoms with E-state index in [9.17, 15) is 0 Å². The molecule has 2 aliphatic heterocycles. The molecule has 2 saturated heterocycles. The largest absolute Gasteiger partial charge is 0.378 e. The van der Waals surface area contributed by atoms with E-state index in [1.807, 2.05) is 18.3 Å². The molecule has 4 aromatic rings. The standard InChI is InChI=1S/C33H37N5OS/c1-22(2)25-8-10-28(11-9-25)38-32(31(35-33(38)40)30-7-5-6-16-34-30)29-21-23(3)37(24(29)4)27-14-12-26(13-15-27)36-17-19-39-20-18-36/h5-16,21-22,31-32H,17-20H2,1-4H3,(H,35,40)/t31-,32-/m0/s1. The summed E-state index contributed by atoms with van der Waals surface area (Å²) in [4.78, 5) is 9.40. The lowest BCUT2D eigenvalue weighted by Crippen LogP contribution is -2.36. The second-order valence-electron chi connectivity index (χ2n) is 11.0. The van der Waals surface area contributed by atoms with E-state index in [1.54, 1.807) is 0 Å². The van der Waals surface area contributed by atoms with Gasteiger partial charge in [0, 0.05) is 47.7 Å². The third-order valence-electron chi connectivity index (χ3n) is 8.21. The Balaban J connectivity index is 1.40. The smallest absolute Gasteiger partial charge is 0.174 e. The summed E-state index contributed by atoms with van der Waals surface area (Å²) in [7, 11) is 0. The highest BCUT2D eigenvalue weighted by molar-refractivity contribution is 7.80. The maximum Gasteiger partial charge on any atom is 0.174 e. The second kappa shape index (κ2) is 11.1. The van der Waals surface area contributed by atoms with Crippen LogP contribution in [0.1, 0.15) is 60.1 Å². The van der Waals surface area contributed by atoms with E-state index in [1.165, 1.54) is 28.2 Å². The lowest BCUT2D eigenvalue weighted by atomic mass is 9.96. The summed E-state index contributed by atoms with van der Waals surface area (Å²) >= 11 is 5.98. The molecule has 0 aliphatic carbocycles. The Morgan fingerprint density at radius 1 is 0.900 bits per heavy atom. The van der Waals surface area contributed by atoms with Gasteiger partial charge in [0.1, 0.15) is 0 Å². The molecule has 2 aliphatic rings. The Labute approximate surface area is 242 Å². The first-order chi connectivity index (χ1) is 19.4. The monoisotopic (exact) mass is 551 g/mol. The fourth-order valence-electron chi connectivity index (χ4n) is 6.09. The van der Waals surface area contributed by atoms with Gasteiger partial charge in [-0.2, -0.15) is 0 Å². The van der Waals surface area contributed by atoms with Crippen molar-refractivity contribution in [2.75, 3.05) is 36.1 Å². The number of benzene rings is 2. The minimum absolute atomic E-state index is 0.0418. The molecule has 0 spiro atoms. The van der Waals surface area contributed by atoms with Gasteiger partial charge in [-0.3, -0.25) is 4.98 Å². The summed E-state index contributed by atoms with van der Waals surface area (Å²) in [5.41, 5.74) is 9.43. The minimum Gasteiger partial charge on any atom is -0.378 e. The highest BCUT2D eigenvalue weighted by Crippen LogP contribution is 2.44. The quantitative estimate of drug-likeness (QED) is 0.272. The van der Waals surface area contributed by atoms with Crippen LogP contribution in [-0.2, 0) is 4.74 Å². The maximum atomic E-state index is 5.98. The van der Waals surface area contributed by atoms with Crippen LogP contribution in [0.2, 0.25) is 0 Å². The van der Waals surface area contributed by atoms with Gasteiger partial charge in [0.2, 0.25) is 0 Å². The fourth-order valence-corrected chi connectivity index (χ4v) is 6.43. The number of anilines is 2. The van der Waals surface area contributed by atoms with E-state index in [0.29, 0.717) is 5.92 Å². The normalized spacial score (nSPS) is 19.4. The van der Waals surface area contributed by atoms with E-state index in [2.05, 4.69) is 108 Å². The third kappa shape index (κ3) is 4.88. The summed E-state index contributed by atoms with van der Waals surface area (Å²) in [5, 5.41) is 4.33. The van der Waals surface area contributed by atoms with Gasteiger partial charge in [0.25, 0.3) is 0 Å². The first-order valence-electron chi connectivity index (χ1n) is 14.1. The number of pyridine rings is 1. The molecule has 2 aromatic carbocycles. The molecule has 0 bridgehead atoms. The Morgan fingerprint density at radius 2 is 1.57 bits per heavy atom. The summed E-state index contributed by atoms with van der Waals surface area (Å²) in [6.07, 6.45) is 1.86. The molecule has 1 N–H and O–H groups in total. The molecule has 6 rings (SSSR count).